The van der Waals surface area contributed by atoms with Crippen LogP contribution in [-0.2, 0) is 21.5 Å². The van der Waals surface area contributed by atoms with Crippen LogP contribution in [0.25, 0.3) is 0 Å². The van der Waals surface area contributed by atoms with Crippen molar-refractivity contribution in [2.75, 3.05) is 13.7 Å². The maximum Gasteiger partial charge on any atom is 0.250 e. The van der Waals surface area contributed by atoms with Gasteiger partial charge in [-0.05, 0) is 67.9 Å². The van der Waals surface area contributed by atoms with Crippen molar-refractivity contribution in [1.82, 2.24) is 15.5 Å². The molecule has 7 nitrogen and oxygen atoms in total. The minimum absolute atomic E-state index is 0.0923. The van der Waals surface area contributed by atoms with Gasteiger partial charge in [0.05, 0.1) is 6.54 Å². The van der Waals surface area contributed by atoms with Crippen molar-refractivity contribution in [3.63, 3.8) is 0 Å². The van der Waals surface area contributed by atoms with Crippen LogP contribution in [0.5, 0.6) is 0 Å². The fourth-order valence-electron chi connectivity index (χ4n) is 6.48. The monoisotopic (exact) mass is 464 g/mol. The fourth-order valence-corrected chi connectivity index (χ4v) is 6.48. The number of aliphatic hydroxyl groups excluding tert-OH is 1. The molecule has 5 N–H and O–H groups in total. The quantitative estimate of drug-likeness (QED) is 0.501. The predicted molar refractivity (Wildman–Crippen MR) is 130 cm³/mol. The van der Waals surface area contributed by atoms with Crippen molar-refractivity contribution in [2.45, 2.75) is 76.3 Å². The van der Waals surface area contributed by atoms with Crippen LogP contribution in [0.1, 0.15) is 67.2 Å². The molecule has 3 unspecified atom stereocenters. The van der Waals surface area contributed by atoms with Gasteiger partial charge in [0.2, 0.25) is 0 Å². The molecule has 1 aromatic rings. The second-order valence-electron chi connectivity index (χ2n) is 10.3. The summed E-state index contributed by atoms with van der Waals surface area (Å²) in [5, 5.41) is 13.8. The van der Waals surface area contributed by atoms with Gasteiger partial charge in [0.1, 0.15) is 18.1 Å². The lowest BCUT2D eigenvalue weighted by molar-refractivity contribution is -0.140. The predicted octanol–water partition coefficient (Wildman–Crippen LogP) is 2.16. The highest BCUT2D eigenvalue weighted by Crippen LogP contribution is 2.60. The number of carbonyl (C=O) groups is 1. The van der Waals surface area contributed by atoms with Gasteiger partial charge in [-0.2, -0.15) is 0 Å². The Labute approximate surface area is 202 Å². The molecule has 3 aliphatic carbocycles. The van der Waals surface area contributed by atoms with Crippen LogP contribution < -0.4 is 16.4 Å². The molecule has 2 heterocycles. The summed E-state index contributed by atoms with van der Waals surface area (Å²) in [6.45, 7) is 2.59. The number of hydrogen-bond donors (Lipinski definition) is 4. The zero-order chi connectivity index (χ0) is 23.9. The summed E-state index contributed by atoms with van der Waals surface area (Å²) in [6.07, 6.45) is 11.6. The maximum atomic E-state index is 14.3. The van der Waals surface area contributed by atoms with Gasteiger partial charge in [-0.25, -0.2) is 0 Å². The highest BCUT2D eigenvalue weighted by molar-refractivity contribution is 5.93. The molecule has 1 amide bonds. The first-order valence-electron chi connectivity index (χ1n) is 12.5. The molecule has 3 atom stereocenters. The Kier molecular flexibility index (Phi) is 6.09. The van der Waals surface area contributed by atoms with E-state index in [4.69, 9.17) is 15.6 Å². The largest absolute Gasteiger partial charge is 0.475 e. The summed E-state index contributed by atoms with van der Waals surface area (Å²) in [6, 6.07) is 4.40. The number of rotatable bonds is 2. The molecule has 0 radical (unpaired) electrons. The standard InChI is InChI=1S/C26H32N4O2.CH4O/c1-17-13-19(8-7-18-5-6-18)14-21-20(17)15-25(9-3-2-4-10-25)26(21)23(31)30(24(27)29-26)16-22-28-11-12-32-22;1-2/h11-14,18,22,24,28-29H,2-6,9-10,15-16,27H2,1H3;2H,1H3. The summed E-state index contributed by atoms with van der Waals surface area (Å²) < 4.78 is 5.58. The van der Waals surface area contributed by atoms with Crippen molar-refractivity contribution in [3.05, 3.63) is 46.8 Å². The van der Waals surface area contributed by atoms with Crippen molar-refractivity contribution in [2.24, 2.45) is 17.1 Å². The summed E-state index contributed by atoms with van der Waals surface area (Å²) in [7, 11) is 1.00. The van der Waals surface area contributed by atoms with Crippen LogP contribution >= 0.6 is 0 Å². The molecule has 2 aliphatic heterocycles. The molecule has 0 aromatic heterocycles. The number of benzene rings is 1. The molecule has 1 saturated heterocycles. The molecule has 34 heavy (non-hydrogen) atoms. The number of fused-ring (bicyclic) bond motifs is 3. The Balaban J connectivity index is 0.00000117. The van der Waals surface area contributed by atoms with Crippen molar-refractivity contribution < 1.29 is 14.6 Å². The number of aryl methyl sites for hydroxylation is 1. The van der Waals surface area contributed by atoms with E-state index in [9.17, 15) is 4.79 Å². The summed E-state index contributed by atoms with van der Waals surface area (Å²) in [5.74, 6) is 7.43. The molecule has 1 aromatic carbocycles. The number of nitrogens with one attached hydrogen (secondary N) is 2. The van der Waals surface area contributed by atoms with E-state index in [-0.39, 0.29) is 17.6 Å². The number of nitrogens with two attached hydrogens (primary N) is 1. The Morgan fingerprint density at radius 2 is 2.00 bits per heavy atom. The molecule has 0 bridgehead atoms. The number of aliphatic hydroxyl groups is 1. The van der Waals surface area contributed by atoms with E-state index in [0.717, 1.165) is 50.3 Å². The number of carbonyl (C=O) groups excluding carboxylic acids is 1. The Morgan fingerprint density at radius 3 is 2.68 bits per heavy atom. The molecule has 2 spiro atoms. The Bertz CT molecular complexity index is 1040. The third-order valence-corrected chi connectivity index (χ3v) is 8.23. The zero-order valence-electron chi connectivity index (χ0n) is 20.2. The third-order valence-electron chi connectivity index (χ3n) is 8.23. The number of nitrogens with zero attached hydrogens (tertiary/aromatic N) is 1. The van der Waals surface area contributed by atoms with Crippen LogP contribution in [0.4, 0.5) is 0 Å². The molecule has 3 fully saturated rings. The average molecular weight is 465 g/mol. The second kappa shape index (κ2) is 8.92. The number of hydrogen-bond acceptors (Lipinski definition) is 6. The minimum Gasteiger partial charge on any atom is -0.475 e. The smallest absolute Gasteiger partial charge is 0.250 e. The van der Waals surface area contributed by atoms with Crippen molar-refractivity contribution in [1.29, 1.82) is 0 Å². The molecule has 6 rings (SSSR count). The van der Waals surface area contributed by atoms with E-state index >= 15 is 0 Å². The maximum absolute atomic E-state index is 14.3. The summed E-state index contributed by atoms with van der Waals surface area (Å²) in [4.78, 5) is 16.1. The Hall–Kier alpha value is -2.53. The third kappa shape index (κ3) is 3.60. The van der Waals surface area contributed by atoms with Crippen LogP contribution in [-0.4, -0.2) is 42.1 Å². The number of amides is 1. The van der Waals surface area contributed by atoms with Gasteiger partial charge in [0, 0.05) is 30.2 Å². The van der Waals surface area contributed by atoms with Gasteiger partial charge in [0.25, 0.3) is 5.91 Å². The van der Waals surface area contributed by atoms with E-state index in [0.29, 0.717) is 12.5 Å². The van der Waals surface area contributed by atoms with Crippen LogP contribution in [0, 0.1) is 30.1 Å². The summed E-state index contributed by atoms with van der Waals surface area (Å²) in [5.41, 5.74) is 10.4. The van der Waals surface area contributed by atoms with E-state index in [1.54, 1.807) is 17.4 Å². The lowest BCUT2D eigenvalue weighted by Crippen LogP contribution is -2.57. The first kappa shape index (κ1) is 23.2. The lowest BCUT2D eigenvalue weighted by Gasteiger charge is -2.45. The van der Waals surface area contributed by atoms with Gasteiger partial charge < -0.3 is 20.1 Å². The van der Waals surface area contributed by atoms with E-state index in [1.807, 2.05) is 0 Å². The molecule has 182 valence electrons. The minimum atomic E-state index is -0.782. The first-order valence-corrected chi connectivity index (χ1v) is 12.5. The summed E-state index contributed by atoms with van der Waals surface area (Å²) >= 11 is 0. The Morgan fingerprint density at radius 1 is 1.24 bits per heavy atom. The van der Waals surface area contributed by atoms with Gasteiger partial charge in [-0.1, -0.05) is 31.1 Å². The molecule has 7 heteroatoms. The molecular formula is C27H36N4O3. The molecule has 2 saturated carbocycles. The number of ether oxygens (including phenoxy) is 1. The van der Waals surface area contributed by atoms with Gasteiger partial charge in [0.15, 0.2) is 6.23 Å². The van der Waals surface area contributed by atoms with Gasteiger partial charge in [-0.15, -0.1) is 0 Å². The van der Waals surface area contributed by atoms with E-state index in [2.05, 4.69) is 41.5 Å². The van der Waals surface area contributed by atoms with Crippen LogP contribution in [0.15, 0.2) is 24.6 Å². The fraction of sp³-hybridized carbons (Fsp3) is 0.593. The highest BCUT2D eigenvalue weighted by atomic mass is 16.5. The SMILES string of the molecule is CO.Cc1cc(C#CC2CC2)cc2c1CC1(CCCCC1)C21NC(N)N(CC2NC=CO2)C1=O. The average Bonchev–Trinajstić information content (AvgIpc) is 3.38. The molecule has 5 aliphatic rings. The van der Waals surface area contributed by atoms with E-state index < -0.39 is 11.8 Å². The van der Waals surface area contributed by atoms with E-state index in [1.165, 1.54) is 30.4 Å². The van der Waals surface area contributed by atoms with Crippen molar-refractivity contribution >= 4 is 5.91 Å². The topological polar surface area (TPSA) is 99.8 Å². The highest BCUT2D eigenvalue weighted by Gasteiger charge is 2.67. The van der Waals surface area contributed by atoms with Gasteiger partial charge in [-0.3, -0.25) is 15.8 Å². The lowest BCUT2D eigenvalue weighted by atomic mass is 9.61. The second-order valence-corrected chi connectivity index (χ2v) is 10.3. The van der Waals surface area contributed by atoms with Gasteiger partial charge >= 0.3 is 0 Å². The zero-order valence-corrected chi connectivity index (χ0v) is 20.2. The molecular weight excluding hydrogens is 428 g/mol. The van der Waals surface area contributed by atoms with Crippen LogP contribution in [0.2, 0.25) is 0 Å². The van der Waals surface area contributed by atoms with Crippen LogP contribution in [0.3, 0.4) is 0 Å². The van der Waals surface area contributed by atoms with Crippen molar-refractivity contribution in [3.8, 4) is 11.8 Å². The normalized spacial score (nSPS) is 30.4. The first-order chi connectivity index (χ1) is 16.5.